The van der Waals surface area contributed by atoms with Gasteiger partial charge in [0.1, 0.15) is 5.82 Å². The fraction of sp³-hybridized carbons (Fsp3) is 0.158. The number of imidazole rings is 1. The summed E-state index contributed by atoms with van der Waals surface area (Å²) in [5.74, 6) is 0.957. The van der Waals surface area contributed by atoms with Crippen LogP contribution in [0.2, 0.25) is 0 Å². The third-order valence-electron chi connectivity index (χ3n) is 3.93. The first-order valence-electron chi connectivity index (χ1n) is 7.94. The highest BCUT2D eigenvalue weighted by Crippen LogP contribution is 2.20. The molecule has 0 atom stereocenters. The fourth-order valence-corrected chi connectivity index (χ4v) is 3.04. The highest BCUT2D eigenvalue weighted by Gasteiger charge is 2.07. The lowest BCUT2D eigenvalue weighted by Gasteiger charge is -2.15. The second-order valence-corrected chi connectivity index (χ2v) is 7.01. The second-order valence-electron chi connectivity index (χ2n) is 5.74. The fourth-order valence-electron chi connectivity index (χ4n) is 2.60. The van der Waals surface area contributed by atoms with E-state index in [1.807, 2.05) is 43.6 Å². The number of nitrogens with one attached hydrogen (secondary N) is 2. The first-order valence-corrected chi connectivity index (χ1v) is 9.14. The van der Waals surface area contributed by atoms with Crippen LogP contribution >= 0.6 is 28.1 Å². The molecule has 2 N–H and O–H groups in total. The Labute approximate surface area is 161 Å². The number of aromatic nitrogens is 2. The molecule has 1 aromatic heterocycles. The number of halogens is 1. The van der Waals surface area contributed by atoms with Gasteiger partial charge in [-0.2, -0.15) is 0 Å². The van der Waals surface area contributed by atoms with Gasteiger partial charge in [-0.1, -0.05) is 34.1 Å². The van der Waals surface area contributed by atoms with Crippen LogP contribution in [-0.2, 0) is 6.54 Å². The summed E-state index contributed by atoms with van der Waals surface area (Å²) < 4.78 is 3.16. The zero-order chi connectivity index (χ0) is 17.8. The van der Waals surface area contributed by atoms with Crippen molar-refractivity contribution in [2.75, 3.05) is 5.32 Å². The molecule has 3 aromatic rings. The molecule has 0 saturated carbocycles. The molecule has 0 saturated heterocycles. The summed E-state index contributed by atoms with van der Waals surface area (Å²) in [5.41, 5.74) is 4.39. The van der Waals surface area contributed by atoms with E-state index in [1.165, 1.54) is 0 Å². The Morgan fingerprint density at radius 2 is 2.00 bits per heavy atom. The van der Waals surface area contributed by atoms with Crippen molar-refractivity contribution in [3.63, 3.8) is 0 Å². The maximum absolute atomic E-state index is 5.43. The third-order valence-corrected chi connectivity index (χ3v) is 5.07. The molecule has 2 aromatic carbocycles. The summed E-state index contributed by atoms with van der Waals surface area (Å²) in [4.78, 5) is 4.30. The van der Waals surface area contributed by atoms with Gasteiger partial charge in [-0.3, -0.25) is 0 Å². The van der Waals surface area contributed by atoms with Gasteiger partial charge in [0.2, 0.25) is 0 Å². The van der Waals surface area contributed by atoms with Gasteiger partial charge >= 0.3 is 0 Å². The van der Waals surface area contributed by atoms with E-state index in [1.54, 1.807) is 0 Å². The first kappa shape index (κ1) is 17.6. The molecule has 1 heterocycles. The van der Waals surface area contributed by atoms with E-state index in [0.717, 1.165) is 32.8 Å². The predicted octanol–water partition coefficient (Wildman–Crippen LogP) is 4.74. The summed E-state index contributed by atoms with van der Waals surface area (Å²) in [6.45, 7) is 4.68. The molecule has 4 nitrogen and oxygen atoms in total. The Morgan fingerprint density at radius 3 is 2.72 bits per heavy atom. The Hall–Kier alpha value is -2.18. The number of hydrogen-bond donors (Lipinski definition) is 2. The smallest absolute Gasteiger partial charge is 0.171 e. The number of anilines is 1. The minimum Gasteiger partial charge on any atom is -0.358 e. The van der Waals surface area contributed by atoms with E-state index in [0.29, 0.717) is 11.7 Å². The number of hydrogen-bond acceptors (Lipinski definition) is 2. The van der Waals surface area contributed by atoms with Crippen LogP contribution < -0.4 is 10.6 Å². The summed E-state index contributed by atoms with van der Waals surface area (Å²) in [7, 11) is 0. The van der Waals surface area contributed by atoms with Crippen LogP contribution in [0.3, 0.4) is 0 Å². The van der Waals surface area contributed by atoms with Crippen LogP contribution in [0.4, 0.5) is 5.69 Å². The summed E-state index contributed by atoms with van der Waals surface area (Å²) >= 11 is 8.93. The van der Waals surface area contributed by atoms with E-state index in [2.05, 4.69) is 61.2 Å². The quantitative estimate of drug-likeness (QED) is 0.605. The van der Waals surface area contributed by atoms with E-state index in [4.69, 9.17) is 12.2 Å². The van der Waals surface area contributed by atoms with Crippen molar-refractivity contribution in [2.24, 2.45) is 0 Å². The van der Waals surface area contributed by atoms with Crippen LogP contribution in [0.15, 0.2) is 59.3 Å². The second kappa shape index (κ2) is 7.80. The lowest BCUT2D eigenvalue weighted by Crippen LogP contribution is -2.28. The van der Waals surface area contributed by atoms with Gasteiger partial charge in [0.25, 0.3) is 0 Å². The third kappa shape index (κ3) is 4.27. The van der Waals surface area contributed by atoms with Gasteiger partial charge in [0.05, 0.1) is 5.69 Å². The number of thiocarbonyl (C=S) groups is 1. The minimum atomic E-state index is 0.596. The van der Waals surface area contributed by atoms with Gasteiger partial charge < -0.3 is 15.2 Å². The van der Waals surface area contributed by atoms with Crippen LogP contribution in [-0.4, -0.2) is 14.7 Å². The van der Waals surface area contributed by atoms with Crippen molar-refractivity contribution in [2.45, 2.75) is 20.4 Å². The Morgan fingerprint density at radius 1 is 1.20 bits per heavy atom. The van der Waals surface area contributed by atoms with Gasteiger partial charge in [-0.15, -0.1) is 0 Å². The molecule has 0 spiro atoms. The van der Waals surface area contributed by atoms with Crippen molar-refractivity contribution < 1.29 is 0 Å². The van der Waals surface area contributed by atoms with E-state index >= 15 is 0 Å². The lowest BCUT2D eigenvalue weighted by molar-refractivity contribution is 0.885. The largest absolute Gasteiger partial charge is 0.358 e. The number of benzene rings is 2. The maximum atomic E-state index is 5.43. The van der Waals surface area contributed by atoms with Crippen molar-refractivity contribution in [3.05, 3.63) is 76.3 Å². The molecule has 25 heavy (non-hydrogen) atoms. The summed E-state index contributed by atoms with van der Waals surface area (Å²) in [5, 5.41) is 7.10. The molecule has 0 radical (unpaired) electrons. The molecule has 3 rings (SSSR count). The van der Waals surface area contributed by atoms with Gasteiger partial charge in [0.15, 0.2) is 5.11 Å². The minimum absolute atomic E-state index is 0.596. The zero-order valence-electron chi connectivity index (χ0n) is 14.1. The van der Waals surface area contributed by atoms with E-state index in [-0.39, 0.29) is 0 Å². The topological polar surface area (TPSA) is 41.9 Å². The van der Waals surface area contributed by atoms with Crippen molar-refractivity contribution in [1.29, 1.82) is 0 Å². The molecule has 128 valence electrons. The monoisotopic (exact) mass is 414 g/mol. The molecular formula is C19H19BrN4S. The van der Waals surface area contributed by atoms with Crippen LogP contribution in [0.5, 0.6) is 0 Å². The Balaban J connectivity index is 1.68. The Kier molecular flexibility index (Phi) is 5.50. The number of aryl methyl sites for hydroxylation is 2. The lowest BCUT2D eigenvalue weighted by atomic mass is 10.1. The average Bonchev–Trinajstić information content (AvgIpc) is 3.02. The standard InChI is InChI=1S/C19H19BrN4S/c1-13-11-16(7-8-17(13)20)23-19(25)22-12-15-5-3-4-6-18(15)24-10-9-21-14(24)2/h3-11H,12H2,1-2H3,(H2,22,23,25). The molecule has 6 heteroatoms. The van der Waals surface area contributed by atoms with Crippen LogP contribution in [0, 0.1) is 13.8 Å². The van der Waals surface area contributed by atoms with Crippen LogP contribution in [0.25, 0.3) is 5.69 Å². The van der Waals surface area contributed by atoms with Gasteiger partial charge in [-0.05, 0) is 61.5 Å². The molecule has 0 aliphatic rings. The highest BCUT2D eigenvalue weighted by atomic mass is 79.9. The predicted molar refractivity (Wildman–Crippen MR) is 110 cm³/mol. The molecule has 0 bridgehead atoms. The zero-order valence-corrected chi connectivity index (χ0v) is 16.5. The molecular weight excluding hydrogens is 396 g/mol. The van der Waals surface area contributed by atoms with Crippen molar-refractivity contribution in [1.82, 2.24) is 14.9 Å². The van der Waals surface area contributed by atoms with Gasteiger partial charge in [0, 0.05) is 29.1 Å². The molecule has 0 amide bonds. The van der Waals surface area contributed by atoms with Gasteiger partial charge in [-0.25, -0.2) is 4.98 Å². The molecule has 0 aliphatic heterocycles. The summed E-state index contributed by atoms with van der Waals surface area (Å²) in [6, 6.07) is 14.3. The molecule has 0 fully saturated rings. The average molecular weight is 415 g/mol. The van der Waals surface area contributed by atoms with E-state index < -0.39 is 0 Å². The number of para-hydroxylation sites is 1. The molecule has 0 unspecified atom stereocenters. The SMILES string of the molecule is Cc1cc(NC(=S)NCc2ccccc2-n2ccnc2C)ccc1Br. The maximum Gasteiger partial charge on any atom is 0.171 e. The molecule has 0 aliphatic carbocycles. The van der Waals surface area contributed by atoms with Crippen LogP contribution in [0.1, 0.15) is 17.0 Å². The van der Waals surface area contributed by atoms with Crippen molar-refractivity contribution in [3.8, 4) is 5.69 Å². The number of rotatable bonds is 4. The normalized spacial score (nSPS) is 10.5. The van der Waals surface area contributed by atoms with E-state index in [9.17, 15) is 0 Å². The van der Waals surface area contributed by atoms with Crippen molar-refractivity contribution >= 4 is 38.9 Å². The summed E-state index contributed by atoms with van der Waals surface area (Å²) in [6.07, 6.45) is 3.77. The highest BCUT2D eigenvalue weighted by molar-refractivity contribution is 9.10. The first-order chi connectivity index (χ1) is 12.0. The Bertz CT molecular complexity index is 904. The number of nitrogens with zero attached hydrogens (tertiary/aromatic N) is 2.